The highest BCUT2D eigenvalue weighted by atomic mass is 16.3. The van der Waals surface area contributed by atoms with Gasteiger partial charge in [-0.2, -0.15) is 0 Å². The Morgan fingerprint density at radius 2 is 2.08 bits per heavy atom. The normalized spacial score (nSPS) is 15.5. The minimum Gasteiger partial charge on any atom is -0.391 e. The van der Waals surface area contributed by atoms with Gasteiger partial charge in [0.05, 0.1) is 12.1 Å². The van der Waals surface area contributed by atoms with E-state index in [0.717, 1.165) is 0 Å². The van der Waals surface area contributed by atoms with E-state index in [1.807, 2.05) is 20.8 Å². The maximum Gasteiger partial charge on any atom is 0.237 e. The van der Waals surface area contributed by atoms with Gasteiger partial charge in [0.15, 0.2) is 0 Å². The van der Waals surface area contributed by atoms with E-state index in [-0.39, 0.29) is 18.4 Å². The fourth-order valence-electron chi connectivity index (χ4n) is 0.783. The molecule has 1 unspecified atom stereocenters. The number of amides is 1. The summed E-state index contributed by atoms with van der Waals surface area (Å²) >= 11 is 0. The van der Waals surface area contributed by atoms with Gasteiger partial charge in [-0.3, -0.25) is 4.79 Å². The molecule has 4 heteroatoms. The van der Waals surface area contributed by atoms with Gasteiger partial charge in [0.2, 0.25) is 5.91 Å². The zero-order valence-corrected chi connectivity index (χ0v) is 8.58. The molecule has 0 rings (SSSR count). The molecule has 4 nitrogen and oxygen atoms in total. The summed E-state index contributed by atoms with van der Waals surface area (Å²) < 4.78 is 0. The first-order valence-corrected chi connectivity index (χ1v) is 4.70. The van der Waals surface area contributed by atoms with Crippen molar-refractivity contribution in [3.05, 3.63) is 0 Å². The third-order valence-corrected chi connectivity index (χ3v) is 2.00. The lowest BCUT2D eigenvalue weighted by molar-refractivity contribution is -0.123. The summed E-state index contributed by atoms with van der Waals surface area (Å²) in [6.07, 6.45) is 0.167. The highest BCUT2D eigenvalue weighted by Gasteiger charge is 2.17. The molecule has 0 heterocycles. The van der Waals surface area contributed by atoms with Crippen molar-refractivity contribution in [2.45, 2.75) is 39.3 Å². The van der Waals surface area contributed by atoms with Gasteiger partial charge >= 0.3 is 0 Å². The first kappa shape index (κ1) is 12.4. The van der Waals surface area contributed by atoms with E-state index in [4.69, 9.17) is 5.73 Å². The first-order chi connectivity index (χ1) is 5.99. The third kappa shape index (κ3) is 4.85. The van der Waals surface area contributed by atoms with E-state index in [2.05, 4.69) is 5.32 Å². The van der Waals surface area contributed by atoms with Gasteiger partial charge in [-0.25, -0.2) is 0 Å². The van der Waals surface area contributed by atoms with Gasteiger partial charge < -0.3 is 16.2 Å². The number of aliphatic hydroxyl groups is 1. The molecule has 2 atom stereocenters. The van der Waals surface area contributed by atoms with Crippen LogP contribution in [0.25, 0.3) is 0 Å². The molecule has 0 spiro atoms. The molecule has 0 radical (unpaired) electrons. The maximum atomic E-state index is 11.3. The van der Waals surface area contributed by atoms with Crippen molar-refractivity contribution in [2.24, 2.45) is 11.7 Å². The Morgan fingerprint density at radius 3 is 2.46 bits per heavy atom. The number of carbonyl (C=O) groups is 1. The second-order valence-corrected chi connectivity index (χ2v) is 3.58. The van der Waals surface area contributed by atoms with Crippen LogP contribution in [0.5, 0.6) is 0 Å². The molecule has 0 aromatic heterocycles. The monoisotopic (exact) mass is 188 g/mol. The molecule has 4 N–H and O–H groups in total. The SMILES string of the molecule is CCC(O)CNC(=O)[C@@H](N)C(C)C. The van der Waals surface area contributed by atoms with Crippen LogP contribution in [0.1, 0.15) is 27.2 Å². The van der Waals surface area contributed by atoms with Crippen LogP contribution in [0.15, 0.2) is 0 Å². The molecule has 0 fully saturated rings. The molecule has 0 aromatic rings. The minimum absolute atomic E-state index is 0.124. The smallest absolute Gasteiger partial charge is 0.237 e. The molecular weight excluding hydrogens is 168 g/mol. The molecule has 13 heavy (non-hydrogen) atoms. The molecule has 0 aliphatic rings. The fraction of sp³-hybridized carbons (Fsp3) is 0.889. The Balaban J connectivity index is 3.74. The molecule has 0 aliphatic heterocycles. The van der Waals surface area contributed by atoms with Gasteiger partial charge in [-0.1, -0.05) is 20.8 Å². The van der Waals surface area contributed by atoms with E-state index in [9.17, 15) is 9.90 Å². The van der Waals surface area contributed by atoms with Crippen molar-refractivity contribution in [1.82, 2.24) is 5.32 Å². The lowest BCUT2D eigenvalue weighted by Crippen LogP contribution is -2.46. The summed E-state index contributed by atoms with van der Waals surface area (Å²) in [5.74, 6) is -0.0683. The van der Waals surface area contributed by atoms with E-state index in [1.165, 1.54) is 0 Å². The number of carbonyl (C=O) groups excluding carboxylic acids is 1. The van der Waals surface area contributed by atoms with Gasteiger partial charge in [0.1, 0.15) is 0 Å². The van der Waals surface area contributed by atoms with Crippen molar-refractivity contribution in [2.75, 3.05) is 6.54 Å². The Labute approximate surface area is 79.5 Å². The molecule has 0 saturated carbocycles. The molecular formula is C9H20N2O2. The van der Waals surface area contributed by atoms with E-state index < -0.39 is 12.1 Å². The maximum absolute atomic E-state index is 11.3. The largest absolute Gasteiger partial charge is 0.391 e. The highest BCUT2D eigenvalue weighted by Crippen LogP contribution is 1.97. The fourth-order valence-corrected chi connectivity index (χ4v) is 0.783. The van der Waals surface area contributed by atoms with Crippen LogP contribution in [0.2, 0.25) is 0 Å². The number of nitrogens with one attached hydrogen (secondary N) is 1. The summed E-state index contributed by atoms with van der Waals surface area (Å²) in [6, 6.07) is -0.482. The van der Waals surface area contributed by atoms with Crippen LogP contribution in [-0.2, 0) is 4.79 Å². The summed E-state index contributed by atoms with van der Waals surface area (Å²) in [5, 5.41) is 11.8. The van der Waals surface area contributed by atoms with E-state index >= 15 is 0 Å². The molecule has 1 amide bonds. The van der Waals surface area contributed by atoms with Gasteiger partial charge in [-0.05, 0) is 12.3 Å². The molecule has 0 aromatic carbocycles. The zero-order chi connectivity index (χ0) is 10.4. The number of rotatable bonds is 5. The van der Waals surface area contributed by atoms with Crippen LogP contribution in [0.3, 0.4) is 0 Å². The average Bonchev–Trinajstić information content (AvgIpc) is 2.11. The van der Waals surface area contributed by atoms with Crippen LogP contribution < -0.4 is 11.1 Å². The molecule has 0 saturated heterocycles. The number of hydrogen-bond donors (Lipinski definition) is 3. The van der Waals surface area contributed by atoms with Gasteiger partial charge in [0.25, 0.3) is 0 Å². The van der Waals surface area contributed by atoms with E-state index in [1.54, 1.807) is 0 Å². The van der Waals surface area contributed by atoms with Gasteiger partial charge in [0, 0.05) is 6.54 Å². The Kier molecular flexibility index (Phi) is 5.66. The van der Waals surface area contributed by atoms with Crippen LogP contribution in [0, 0.1) is 5.92 Å². The summed E-state index contributed by atoms with van der Waals surface area (Å²) in [4.78, 5) is 11.3. The van der Waals surface area contributed by atoms with E-state index in [0.29, 0.717) is 6.42 Å². The topological polar surface area (TPSA) is 75.3 Å². The predicted octanol–water partition coefficient (Wildman–Crippen LogP) is -0.143. The van der Waals surface area contributed by atoms with Gasteiger partial charge in [-0.15, -0.1) is 0 Å². The van der Waals surface area contributed by atoms with Crippen molar-refractivity contribution < 1.29 is 9.90 Å². The van der Waals surface area contributed by atoms with Crippen molar-refractivity contribution in [1.29, 1.82) is 0 Å². The van der Waals surface area contributed by atoms with Crippen LogP contribution in [0.4, 0.5) is 0 Å². The van der Waals surface area contributed by atoms with Crippen LogP contribution in [-0.4, -0.2) is 29.7 Å². The lowest BCUT2D eigenvalue weighted by Gasteiger charge is -2.16. The second kappa shape index (κ2) is 5.94. The van der Waals surface area contributed by atoms with Crippen molar-refractivity contribution >= 4 is 5.91 Å². The third-order valence-electron chi connectivity index (χ3n) is 2.00. The minimum atomic E-state index is -0.482. The number of aliphatic hydroxyl groups excluding tert-OH is 1. The number of nitrogens with two attached hydrogens (primary N) is 1. The highest BCUT2D eigenvalue weighted by molar-refractivity contribution is 5.81. The van der Waals surface area contributed by atoms with Crippen molar-refractivity contribution in [3.8, 4) is 0 Å². The summed E-state index contributed by atoms with van der Waals surface area (Å²) in [7, 11) is 0. The zero-order valence-electron chi connectivity index (χ0n) is 8.58. The molecule has 0 aliphatic carbocycles. The summed E-state index contributed by atoms with van der Waals surface area (Å²) in [5.41, 5.74) is 5.59. The standard InChI is InChI=1S/C9H20N2O2/c1-4-7(12)5-11-9(13)8(10)6(2)3/h6-8,12H,4-5,10H2,1-3H3,(H,11,13)/t7?,8-/m0/s1. The number of hydrogen-bond acceptors (Lipinski definition) is 3. The first-order valence-electron chi connectivity index (χ1n) is 4.70. The Morgan fingerprint density at radius 1 is 1.54 bits per heavy atom. The Hall–Kier alpha value is -0.610. The van der Waals surface area contributed by atoms with Crippen LogP contribution >= 0.6 is 0 Å². The average molecular weight is 188 g/mol. The van der Waals surface area contributed by atoms with Crippen molar-refractivity contribution in [3.63, 3.8) is 0 Å². The quantitative estimate of drug-likeness (QED) is 0.562. The molecule has 78 valence electrons. The Bertz CT molecular complexity index is 160. The summed E-state index contributed by atoms with van der Waals surface area (Å²) in [6.45, 7) is 5.93. The molecule has 0 bridgehead atoms. The predicted molar refractivity (Wildman–Crippen MR) is 52.1 cm³/mol. The lowest BCUT2D eigenvalue weighted by atomic mass is 10.1. The second-order valence-electron chi connectivity index (χ2n) is 3.58.